The van der Waals surface area contributed by atoms with Gasteiger partial charge in [-0.25, -0.2) is 4.39 Å². The topological polar surface area (TPSA) is 0 Å². The standard InChI is InChI=1S/C13H7Cl4F/c14-6-7-1-2-9(18)5-10(7)8-3-11(15)13(17)12(16)4-8/h1-5H,6H2. The third kappa shape index (κ3) is 2.75. The van der Waals surface area contributed by atoms with Crippen LogP contribution in [0.2, 0.25) is 15.1 Å². The van der Waals surface area contributed by atoms with Gasteiger partial charge in [-0.1, -0.05) is 40.9 Å². The Morgan fingerprint density at radius 2 is 1.56 bits per heavy atom. The number of hydrogen-bond acceptors (Lipinski definition) is 0. The Bertz CT molecular complexity index is 573. The van der Waals surface area contributed by atoms with E-state index < -0.39 is 0 Å². The van der Waals surface area contributed by atoms with Gasteiger partial charge in [0.05, 0.1) is 15.1 Å². The van der Waals surface area contributed by atoms with E-state index in [0.717, 1.165) is 5.56 Å². The number of rotatable bonds is 2. The fourth-order valence-electron chi connectivity index (χ4n) is 1.64. The van der Waals surface area contributed by atoms with E-state index in [2.05, 4.69) is 0 Å². The summed E-state index contributed by atoms with van der Waals surface area (Å²) in [6, 6.07) is 7.67. The summed E-state index contributed by atoms with van der Waals surface area (Å²) in [4.78, 5) is 0. The van der Waals surface area contributed by atoms with E-state index in [9.17, 15) is 4.39 Å². The maximum absolute atomic E-state index is 13.3. The van der Waals surface area contributed by atoms with Crippen LogP contribution in [0.25, 0.3) is 11.1 Å². The molecule has 2 aromatic rings. The first-order valence-electron chi connectivity index (χ1n) is 5.02. The molecule has 5 heteroatoms. The smallest absolute Gasteiger partial charge is 0.123 e. The minimum Gasteiger partial charge on any atom is -0.207 e. The molecule has 0 radical (unpaired) electrons. The Morgan fingerprint density at radius 1 is 0.944 bits per heavy atom. The van der Waals surface area contributed by atoms with E-state index in [4.69, 9.17) is 46.4 Å². The average molecular weight is 324 g/mol. The van der Waals surface area contributed by atoms with Crippen molar-refractivity contribution < 1.29 is 4.39 Å². The van der Waals surface area contributed by atoms with Crippen molar-refractivity contribution in [2.24, 2.45) is 0 Å². The van der Waals surface area contributed by atoms with Crippen LogP contribution < -0.4 is 0 Å². The van der Waals surface area contributed by atoms with E-state index in [1.807, 2.05) is 0 Å². The molecular weight excluding hydrogens is 317 g/mol. The van der Waals surface area contributed by atoms with Gasteiger partial charge in [0.15, 0.2) is 0 Å². The summed E-state index contributed by atoms with van der Waals surface area (Å²) >= 11 is 23.6. The molecule has 94 valence electrons. The van der Waals surface area contributed by atoms with Crippen LogP contribution >= 0.6 is 46.4 Å². The first-order chi connectivity index (χ1) is 8.52. The van der Waals surface area contributed by atoms with E-state index in [-0.39, 0.29) is 16.7 Å². The van der Waals surface area contributed by atoms with Gasteiger partial charge in [0.1, 0.15) is 5.82 Å². The van der Waals surface area contributed by atoms with Gasteiger partial charge in [0.2, 0.25) is 0 Å². The monoisotopic (exact) mass is 322 g/mol. The molecule has 0 atom stereocenters. The molecule has 0 N–H and O–H groups in total. The SMILES string of the molecule is Fc1ccc(CCl)c(-c2cc(Cl)c(Cl)c(Cl)c2)c1. The van der Waals surface area contributed by atoms with E-state index in [1.165, 1.54) is 12.1 Å². The van der Waals surface area contributed by atoms with Gasteiger partial charge in [-0.15, -0.1) is 11.6 Å². The molecule has 0 aliphatic carbocycles. The summed E-state index contributed by atoms with van der Waals surface area (Å²) < 4.78 is 13.3. The minimum absolute atomic E-state index is 0.271. The van der Waals surface area contributed by atoms with Crippen LogP contribution in [0.4, 0.5) is 4.39 Å². The second-order valence-electron chi connectivity index (χ2n) is 3.69. The second-order valence-corrected chi connectivity index (χ2v) is 5.15. The highest BCUT2D eigenvalue weighted by molar-refractivity contribution is 6.48. The molecule has 0 saturated carbocycles. The first-order valence-corrected chi connectivity index (χ1v) is 6.69. The summed E-state index contributed by atoms with van der Waals surface area (Å²) in [6.45, 7) is 0. The first kappa shape index (κ1) is 14.0. The van der Waals surface area contributed by atoms with Gasteiger partial charge < -0.3 is 0 Å². The summed E-state index contributed by atoms with van der Waals surface area (Å²) in [7, 11) is 0. The molecule has 0 bridgehead atoms. The molecular formula is C13H7Cl4F. The molecule has 0 fully saturated rings. The molecule has 0 amide bonds. The zero-order valence-corrected chi connectivity index (χ0v) is 12.0. The lowest BCUT2D eigenvalue weighted by molar-refractivity contribution is 0.628. The molecule has 0 aromatic heterocycles. The van der Waals surface area contributed by atoms with Crippen LogP contribution in [0.1, 0.15) is 5.56 Å². The Kier molecular flexibility index (Phi) is 4.39. The molecule has 0 heterocycles. The molecule has 0 aliphatic heterocycles. The largest absolute Gasteiger partial charge is 0.207 e. The number of alkyl halides is 1. The fourth-order valence-corrected chi connectivity index (χ4v) is 2.47. The van der Waals surface area contributed by atoms with Crippen molar-refractivity contribution in [2.45, 2.75) is 5.88 Å². The number of benzene rings is 2. The van der Waals surface area contributed by atoms with Crippen LogP contribution in [-0.4, -0.2) is 0 Å². The van der Waals surface area contributed by atoms with E-state index >= 15 is 0 Å². The van der Waals surface area contributed by atoms with E-state index in [1.54, 1.807) is 18.2 Å². The third-order valence-corrected chi connectivity index (χ3v) is 4.00. The summed E-state index contributed by atoms with van der Waals surface area (Å²) in [6.07, 6.45) is 0. The lowest BCUT2D eigenvalue weighted by Crippen LogP contribution is -1.89. The van der Waals surface area contributed by atoms with Crippen LogP contribution in [0.15, 0.2) is 30.3 Å². The molecule has 0 spiro atoms. The van der Waals surface area contributed by atoms with Gasteiger partial charge in [-0.05, 0) is 41.0 Å². The van der Waals surface area contributed by atoms with Crippen molar-refractivity contribution in [1.29, 1.82) is 0 Å². The molecule has 0 nitrogen and oxygen atoms in total. The van der Waals surface area contributed by atoms with Gasteiger partial charge in [-0.3, -0.25) is 0 Å². The molecule has 18 heavy (non-hydrogen) atoms. The van der Waals surface area contributed by atoms with Crippen molar-refractivity contribution >= 4 is 46.4 Å². The Morgan fingerprint density at radius 3 is 2.11 bits per heavy atom. The van der Waals surface area contributed by atoms with Crippen LogP contribution in [0.3, 0.4) is 0 Å². The van der Waals surface area contributed by atoms with Crippen molar-refractivity contribution in [3.63, 3.8) is 0 Å². The van der Waals surface area contributed by atoms with Crippen molar-refractivity contribution in [3.05, 3.63) is 56.8 Å². The van der Waals surface area contributed by atoms with Gasteiger partial charge >= 0.3 is 0 Å². The molecule has 2 rings (SSSR count). The summed E-state index contributed by atoms with van der Waals surface area (Å²) in [5.41, 5.74) is 2.14. The van der Waals surface area contributed by atoms with Crippen LogP contribution in [-0.2, 0) is 5.88 Å². The maximum atomic E-state index is 13.3. The molecule has 0 unspecified atom stereocenters. The number of halogens is 5. The normalized spacial score (nSPS) is 10.7. The predicted octanol–water partition coefficient (Wildman–Crippen LogP) is 6.19. The zero-order chi connectivity index (χ0) is 13.3. The fraction of sp³-hybridized carbons (Fsp3) is 0.0769. The Balaban J connectivity index is 2.65. The highest BCUT2D eigenvalue weighted by Crippen LogP contribution is 2.36. The Labute approximate surface area is 124 Å². The lowest BCUT2D eigenvalue weighted by atomic mass is 10.0. The third-order valence-electron chi connectivity index (χ3n) is 2.51. The van der Waals surface area contributed by atoms with Crippen LogP contribution in [0.5, 0.6) is 0 Å². The highest BCUT2D eigenvalue weighted by Gasteiger charge is 2.11. The van der Waals surface area contributed by atoms with Crippen molar-refractivity contribution in [3.8, 4) is 11.1 Å². The summed E-state index contributed by atoms with van der Waals surface area (Å²) in [5, 5.41) is 0.929. The zero-order valence-electron chi connectivity index (χ0n) is 8.98. The molecule has 0 aliphatic rings. The Hall–Kier alpha value is -0.470. The van der Waals surface area contributed by atoms with Gasteiger partial charge in [-0.2, -0.15) is 0 Å². The van der Waals surface area contributed by atoms with Crippen molar-refractivity contribution in [2.75, 3.05) is 0 Å². The maximum Gasteiger partial charge on any atom is 0.123 e. The molecule has 0 saturated heterocycles. The quantitative estimate of drug-likeness (QED) is 0.456. The summed E-state index contributed by atoms with van der Waals surface area (Å²) in [5.74, 6) is -0.0749. The molecule has 2 aromatic carbocycles. The lowest BCUT2D eigenvalue weighted by Gasteiger charge is -2.10. The van der Waals surface area contributed by atoms with Crippen molar-refractivity contribution in [1.82, 2.24) is 0 Å². The van der Waals surface area contributed by atoms with Gasteiger partial charge in [0, 0.05) is 5.88 Å². The highest BCUT2D eigenvalue weighted by atomic mass is 35.5. The number of hydrogen-bond donors (Lipinski definition) is 0. The average Bonchev–Trinajstić information content (AvgIpc) is 2.35. The second kappa shape index (κ2) is 5.66. The minimum atomic E-state index is -0.346. The van der Waals surface area contributed by atoms with Crippen LogP contribution in [0, 0.1) is 5.82 Å². The predicted molar refractivity (Wildman–Crippen MR) is 76.4 cm³/mol. The van der Waals surface area contributed by atoms with Gasteiger partial charge in [0.25, 0.3) is 0 Å². The van der Waals surface area contributed by atoms with E-state index in [0.29, 0.717) is 21.2 Å².